The molecule has 3 aromatic carbocycles. The number of para-hydroxylation sites is 2. The van der Waals surface area contributed by atoms with Crippen molar-refractivity contribution in [3.63, 3.8) is 0 Å². The zero-order valence-corrected chi connectivity index (χ0v) is 14.3. The number of nitrogens with zero attached hydrogens (tertiary/aromatic N) is 1. The second kappa shape index (κ2) is 5.09. The summed E-state index contributed by atoms with van der Waals surface area (Å²) in [6.45, 7) is 0. The van der Waals surface area contributed by atoms with Crippen molar-refractivity contribution in [2.75, 3.05) is 0 Å². The van der Waals surface area contributed by atoms with Gasteiger partial charge in [-0.3, -0.25) is 0 Å². The fourth-order valence-corrected chi connectivity index (χ4v) is 4.50. The first-order valence-corrected chi connectivity index (χ1v) is 9.13. The highest BCUT2D eigenvalue weighted by Gasteiger charge is 2.22. The van der Waals surface area contributed by atoms with Crippen molar-refractivity contribution < 1.29 is 0 Å². The Bertz CT molecular complexity index is 1350. The summed E-state index contributed by atoms with van der Waals surface area (Å²) in [5.74, 6) is 0. The maximum absolute atomic E-state index is 2.46. The van der Waals surface area contributed by atoms with E-state index in [4.69, 9.17) is 0 Å². The molecule has 1 aliphatic heterocycles. The highest BCUT2D eigenvalue weighted by Crippen LogP contribution is 2.41. The molecule has 0 N–H and O–H groups in total. The van der Waals surface area contributed by atoms with E-state index in [-0.39, 0.29) is 0 Å². The van der Waals surface area contributed by atoms with Crippen LogP contribution in [0.1, 0.15) is 6.42 Å². The number of allylic oxidation sites excluding steroid dienone is 2. The minimum atomic E-state index is 0.977. The second-order valence-corrected chi connectivity index (χ2v) is 6.93. The molecule has 1 heteroatoms. The number of aromatic nitrogens is 1. The third-order valence-electron chi connectivity index (χ3n) is 5.57. The molecule has 1 aliphatic carbocycles. The molecule has 0 amide bonds. The molecule has 0 spiro atoms. The summed E-state index contributed by atoms with van der Waals surface area (Å²) in [5.41, 5.74) is 7.80. The molecule has 0 atom stereocenters. The van der Waals surface area contributed by atoms with Gasteiger partial charge < -0.3 is 4.57 Å². The number of benzene rings is 3. The smallest absolute Gasteiger partial charge is 0.0619 e. The predicted molar refractivity (Wildman–Crippen MR) is 110 cm³/mol. The monoisotopic (exact) mass is 331 g/mol. The number of hydrogen-bond acceptors (Lipinski definition) is 0. The van der Waals surface area contributed by atoms with E-state index in [1.54, 1.807) is 0 Å². The molecule has 2 aliphatic rings. The van der Waals surface area contributed by atoms with E-state index in [0.717, 1.165) is 6.42 Å². The Labute approximate surface area is 151 Å². The van der Waals surface area contributed by atoms with Crippen LogP contribution in [0.3, 0.4) is 0 Å². The van der Waals surface area contributed by atoms with Gasteiger partial charge in [0.1, 0.15) is 0 Å². The lowest BCUT2D eigenvalue weighted by atomic mass is 9.94. The number of fused-ring (bicyclic) bond motifs is 8. The Kier molecular flexibility index (Phi) is 2.72. The molecule has 122 valence electrons. The van der Waals surface area contributed by atoms with E-state index in [0.29, 0.717) is 0 Å². The van der Waals surface area contributed by atoms with Gasteiger partial charge in [-0.05, 0) is 29.7 Å². The first-order chi connectivity index (χ1) is 12.9. The van der Waals surface area contributed by atoms with E-state index >= 15 is 0 Å². The summed E-state index contributed by atoms with van der Waals surface area (Å²) in [6.07, 6.45) is 10.00. The van der Waals surface area contributed by atoms with E-state index in [1.807, 2.05) is 0 Å². The van der Waals surface area contributed by atoms with Gasteiger partial charge in [0.2, 0.25) is 0 Å². The molecular formula is C25H17N. The van der Waals surface area contributed by atoms with Crippen molar-refractivity contribution in [3.05, 3.63) is 89.4 Å². The van der Waals surface area contributed by atoms with Gasteiger partial charge in [-0.2, -0.15) is 0 Å². The summed E-state index contributed by atoms with van der Waals surface area (Å²) in [4.78, 5) is 0. The van der Waals surface area contributed by atoms with Crippen molar-refractivity contribution in [3.8, 4) is 27.9 Å². The fraction of sp³-hybridized carbons (Fsp3) is 0.0400. The van der Waals surface area contributed by atoms with E-state index in [2.05, 4.69) is 95.6 Å². The lowest BCUT2D eigenvalue weighted by Crippen LogP contribution is -2.28. The zero-order valence-electron chi connectivity index (χ0n) is 14.3. The summed E-state index contributed by atoms with van der Waals surface area (Å²) < 4.78 is 2.46. The average Bonchev–Trinajstić information content (AvgIpc) is 2.83. The third-order valence-corrected chi connectivity index (χ3v) is 5.57. The van der Waals surface area contributed by atoms with Crippen LogP contribution in [0, 0.1) is 0 Å². The molecule has 2 heterocycles. The molecular weight excluding hydrogens is 314 g/mol. The second-order valence-electron chi connectivity index (χ2n) is 6.93. The van der Waals surface area contributed by atoms with E-state index in [9.17, 15) is 0 Å². The topological polar surface area (TPSA) is 4.93 Å². The normalized spacial score (nSPS) is 13.7. The van der Waals surface area contributed by atoms with Gasteiger partial charge in [0, 0.05) is 21.7 Å². The molecule has 0 bridgehead atoms. The molecule has 4 aromatic rings. The number of rotatable bonds is 0. The van der Waals surface area contributed by atoms with Crippen molar-refractivity contribution in [1.29, 1.82) is 0 Å². The Hall–Kier alpha value is -3.32. The Balaban J connectivity index is 1.98. The van der Waals surface area contributed by atoms with Crippen LogP contribution >= 0.6 is 0 Å². The van der Waals surface area contributed by atoms with Crippen molar-refractivity contribution in [1.82, 2.24) is 4.57 Å². The quantitative estimate of drug-likeness (QED) is 0.384. The number of hydrogen-bond donors (Lipinski definition) is 0. The van der Waals surface area contributed by atoms with Gasteiger partial charge in [-0.1, -0.05) is 78.9 Å². The summed E-state index contributed by atoms with van der Waals surface area (Å²) in [6, 6.07) is 24.3. The predicted octanol–water partition coefficient (Wildman–Crippen LogP) is 4.80. The first-order valence-electron chi connectivity index (χ1n) is 9.13. The Morgan fingerprint density at radius 2 is 1.42 bits per heavy atom. The van der Waals surface area contributed by atoms with Crippen molar-refractivity contribution >= 4 is 23.1 Å². The maximum atomic E-state index is 2.46. The lowest BCUT2D eigenvalue weighted by molar-refractivity contribution is 1.08. The highest BCUT2D eigenvalue weighted by atomic mass is 15.0. The average molecular weight is 331 g/mol. The minimum Gasteiger partial charge on any atom is -0.308 e. The molecule has 6 rings (SSSR count). The van der Waals surface area contributed by atoms with Crippen LogP contribution in [0.5, 0.6) is 0 Å². The van der Waals surface area contributed by atoms with Gasteiger partial charge in [0.25, 0.3) is 0 Å². The Morgan fingerprint density at radius 3 is 2.31 bits per heavy atom. The Morgan fingerprint density at radius 1 is 0.692 bits per heavy atom. The van der Waals surface area contributed by atoms with Gasteiger partial charge in [-0.15, -0.1) is 0 Å². The molecule has 0 fully saturated rings. The molecule has 1 aromatic heterocycles. The maximum Gasteiger partial charge on any atom is 0.0619 e. The molecule has 26 heavy (non-hydrogen) atoms. The molecule has 0 saturated carbocycles. The molecule has 0 radical (unpaired) electrons. The minimum absolute atomic E-state index is 0.977. The zero-order chi connectivity index (χ0) is 17.1. The van der Waals surface area contributed by atoms with Crippen LogP contribution in [-0.4, -0.2) is 4.57 Å². The van der Waals surface area contributed by atoms with Gasteiger partial charge >= 0.3 is 0 Å². The lowest BCUT2D eigenvalue weighted by Gasteiger charge is -2.11. The molecule has 0 unspecified atom stereocenters. The highest BCUT2D eigenvalue weighted by molar-refractivity contribution is 6.03. The standard InChI is InChI=1S/C25H17N/c1-2-11-20-22-14-8-13-21-18-10-5-4-9-17(18)19-12-6-7-16-23(19)26(25(21)22)24(20)15-3-1/h1,3-16H,2H2. The van der Waals surface area contributed by atoms with Crippen LogP contribution in [0.15, 0.2) is 78.9 Å². The fourth-order valence-electron chi connectivity index (χ4n) is 4.50. The van der Waals surface area contributed by atoms with Crippen LogP contribution < -0.4 is 10.6 Å². The van der Waals surface area contributed by atoms with Crippen molar-refractivity contribution in [2.45, 2.75) is 6.42 Å². The van der Waals surface area contributed by atoms with Crippen LogP contribution in [0.4, 0.5) is 0 Å². The van der Waals surface area contributed by atoms with E-state index in [1.165, 1.54) is 49.4 Å². The summed E-state index contributed by atoms with van der Waals surface area (Å²) in [5, 5.41) is 3.96. The van der Waals surface area contributed by atoms with Crippen LogP contribution in [0.25, 0.3) is 51.0 Å². The summed E-state index contributed by atoms with van der Waals surface area (Å²) in [7, 11) is 0. The van der Waals surface area contributed by atoms with Gasteiger partial charge in [0.05, 0.1) is 16.6 Å². The first kappa shape index (κ1) is 13.9. The van der Waals surface area contributed by atoms with E-state index < -0.39 is 0 Å². The van der Waals surface area contributed by atoms with Crippen LogP contribution in [0.2, 0.25) is 0 Å². The van der Waals surface area contributed by atoms with Gasteiger partial charge in [-0.25, -0.2) is 0 Å². The third kappa shape index (κ3) is 1.70. The molecule has 0 saturated heterocycles. The summed E-state index contributed by atoms with van der Waals surface area (Å²) >= 11 is 0. The largest absolute Gasteiger partial charge is 0.308 e. The van der Waals surface area contributed by atoms with Crippen LogP contribution in [-0.2, 0) is 0 Å². The van der Waals surface area contributed by atoms with Crippen molar-refractivity contribution in [2.24, 2.45) is 0 Å². The van der Waals surface area contributed by atoms with Gasteiger partial charge in [0.15, 0.2) is 0 Å². The SMILES string of the molecule is C1=CCC=c2c(n3c4c(cccc24)-c2ccccc2-c2ccccc2-3)=C1. The molecule has 1 nitrogen and oxygen atoms in total.